The number of anilines is 2. The summed E-state index contributed by atoms with van der Waals surface area (Å²) in [5.74, 6) is 1.68. The van der Waals surface area contributed by atoms with Crippen molar-refractivity contribution < 1.29 is 9.53 Å². The third-order valence-corrected chi connectivity index (χ3v) is 5.47. The lowest BCUT2D eigenvalue weighted by atomic mass is 9.99. The summed E-state index contributed by atoms with van der Waals surface area (Å²) >= 11 is 0. The van der Waals surface area contributed by atoms with E-state index in [1.54, 1.807) is 0 Å². The van der Waals surface area contributed by atoms with Crippen LogP contribution in [0.2, 0.25) is 0 Å². The third kappa shape index (κ3) is 5.41. The molecule has 1 aliphatic rings. The molecule has 1 fully saturated rings. The zero-order valence-electron chi connectivity index (χ0n) is 17.1. The second kappa shape index (κ2) is 9.49. The predicted octanol–water partition coefficient (Wildman–Crippen LogP) is 4.74. The maximum absolute atomic E-state index is 12.1. The number of hydrogen-bond donors (Lipinski definition) is 2. The van der Waals surface area contributed by atoms with Crippen molar-refractivity contribution in [3.63, 3.8) is 0 Å². The molecular weight excluding hydrogens is 350 g/mol. The molecule has 1 aliphatic heterocycles. The van der Waals surface area contributed by atoms with E-state index in [0.29, 0.717) is 13.2 Å². The summed E-state index contributed by atoms with van der Waals surface area (Å²) in [6.07, 6.45) is 2.49. The van der Waals surface area contributed by atoms with Gasteiger partial charge in [0.1, 0.15) is 12.4 Å². The van der Waals surface area contributed by atoms with Crippen molar-refractivity contribution in [2.45, 2.75) is 33.6 Å². The van der Waals surface area contributed by atoms with Gasteiger partial charge in [0.25, 0.3) is 0 Å². The van der Waals surface area contributed by atoms with Crippen LogP contribution in [-0.2, 0) is 0 Å². The van der Waals surface area contributed by atoms with Crippen LogP contribution in [0.15, 0.2) is 42.5 Å². The maximum atomic E-state index is 12.1. The van der Waals surface area contributed by atoms with Crippen molar-refractivity contribution in [3.8, 4) is 5.75 Å². The van der Waals surface area contributed by atoms with E-state index in [2.05, 4.69) is 47.6 Å². The first-order valence-corrected chi connectivity index (χ1v) is 10.1. The topological polar surface area (TPSA) is 53.6 Å². The highest BCUT2D eigenvalue weighted by Gasteiger charge is 2.15. The summed E-state index contributed by atoms with van der Waals surface area (Å²) in [5, 5.41) is 5.71. The molecule has 1 heterocycles. The van der Waals surface area contributed by atoms with Crippen LogP contribution in [0.1, 0.15) is 30.9 Å². The fourth-order valence-electron chi connectivity index (χ4n) is 3.40. The number of piperidine rings is 1. The molecule has 2 aromatic rings. The van der Waals surface area contributed by atoms with Gasteiger partial charge in [0.15, 0.2) is 0 Å². The van der Waals surface area contributed by atoms with Crippen molar-refractivity contribution in [3.05, 3.63) is 53.6 Å². The summed E-state index contributed by atoms with van der Waals surface area (Å²) in [5.41, 5.74) is 4.35. The maximum Gasteiger partial charge on any atom is 0.319 e. The van der Waals surface area contributed by atoms with Crippen LogP contribution in [0.5, 0.6) is 5.75 Å². The SMILES string of the molecule is Cc1cccc(OCCNC(=O)Nc2ccc(N3CCC(C)CC3)cc2)c1C. The minimum atomic E-state index is -0.218. The van der Waals surface area contributed by atoms with Gasteiger partial charge >= 0.3 is 6.03 Å². The Morgan fingerprint density at radius 1 is 1.11 bits per heavy atom. The Hall–Kier alpha value is -2.69. The second-order valence-corrected chi connectivity index (χ2v) is 7.64. The fraction of sp³-hybridized carbons (Fsp3) is 0.435. The van der Waals surface area contributed by atoms with Crippen LogP contribution in [0, 0.1) is 19.8 Å². The van der Waals surface area contributed by atoms with Gasteiger partial charge in [-0.1, -0.05) is 19.1 Å². The van der Waals surface area contributed by atoms with E-state index in [-0.39, 0.29) is 6.03 Å². The van der Waals surface area contributed by atoms with E-state index >= 15 is 0 Å². The van der Waals surface area contributed by atoms with E-state index in [9.17, 15) is 4.79 Å². The Labute approximate surface area is 168 Å². The Morgan fingerprint density at radius 3 is 2.54 bits per heavy atom. The number of nitrogens with zero attached hydrogens (tertiary/aromatic N) is 1. The van der Waals surface area contributed by atoms with Gasteiger partial charge in [0.05, 0.1) is 6.54 Å². The molecule has 2 amide bonds. The Balaban J connectivity index is 1.40. The molecular formula is C23H31N3O2. The molecule has 2 aromatic carbocycles. The van der Waals surface area contributed by atoms with Crippen molar-refractivity contribution in [2.75, 3.05) is 36.5 Å². The number of urea groups is 1. The molecule has 0 atom stereocenters. The first kappa shape index (κ1) is 20.1. The molecule has 0 unspecified atom stereocenters. The third-order valence-electron chi connectivity index (χ3n) is 5.47. The number of benzene rings is 2. The molecule has 0 aromatic heterocycles. The van der Waals surface area contributed by atoms with Gasteiger partial charge in [-0.2, -0.15) is 0 Å². The smallest absolute Gasteiger partial charge is 0.319 e. The number of rotatable bonds is 6. The molecule has 5 nitrogen and oxygen atoms in total. The summed E-state index contributed by atoms with van der Waals surface area (Å²) in [7, 11) is 0. The van der Waals surface area contributed by atoms with Crippen molar-refractivity contribution in [1.29, 1.82) is 0 Å². The first-order chi connectivity index (χ1) is 13.5. The van der Waals surface area contributed by atoms with Gasteiger partial charge in [-0.3, -0.25) is 0 Å². The molecule has 0 spiro atoms. The van der Waals surface area contributed by atoms with E-state index in [1.807, 2.05) is 31.2 Å². The van der Waals surface area contributed by atoms with Crippen molar-refractivity contribution in [1.82, 2.24) is 5.32 Å². The van der Waals surface area contributed by atoms with Crippen LogP contribution in [0.4, 0.5) is 16.2 Å². The highest BCUT2D eigenvalue weighted by atomic mass is 16.5. The van der Waals surface area contributed by atoms with Gasteiger partial charge in [0, 0.05) is 24.5 Å². The van der Waals surface area contributed by atoms with Crippen molar-refractivity contribution in [2.24, 2.45) is 5.92 Å². The van der Waals surface area contributed by atoms with Gasteiger partial charge in [0.2, 0.25) is 0 Å². The Bertz CT molecular complexity index is 781. The number of carbonyl (C=O) groups is 1. The van der Waals surface area contributed by atoms with E-state index < -0.39 is 0 Å². The normalized spacial score (nSPS) is 14.6. The predicted molar refractivity (Wildman–Crippen MR) is 115 cm³/mol. The van der Waals surface area contributed by atoms with Gasteiger partial charge in [-0.25, -0.2) is 4.79 Å². The molecule has 3 rings (SSSR count). The lowest BCUT2D eigenvalue weighted by molar-refractivity contribution is 0.247. The second-order valence-electron chi connectivity index (χ2n) is 7.64. The largest absolute Gasteiger partial charge is 0.491 e. The van der Waals surface area contributed by atoms with Crippen molar-refractivity contribution >= 4 is 17.4 Å². The Morgan fingerprint density at radius 2 is 1.82 bits per heavy atom. The standard InChI is InChI=1S/C23H31N3O2/c1-17-11-14-26(15-12-17)21-9-7-20(8-10-21)25-23(27)24-13-16-28-22-6-4-5-18(2)19(22)3/h4-10,17H,11-16H2,1-3H3,(H2,24,25,27). The summed E-state index contributed by atoms with van der Waals surface area (Å²) in [4.78, 5) is 14.5. The monoisotopic (exact) mass is 381 g/mol. The summed E-state index contributed by atoms with van der Waals surface area (Å²) in [6, 6.07) is 13.8. The molecule has 5 heteroatoms. The lowest BCUT2D eigenvalue weighted by Gasteiger charge is -2.32. The van der Waals surface area contributed by atoms with Gasteiger partial charge in [-0.15, -0.1) is 0 Å². The zero-order valence-corrected chi connectivity index (χ0v) is 17.1. The summed E-state index contributed by atoms with van der Waals surface area (Å²) in [6.45, 7) is 9.51. The number of hydrogen-bond acceptors (Lipinski definition) is 3. The average molecular weight is 382 g/mol. The average Bonchev–Trinajstić information content (AvgIpc) is 2.69. The van der Waals surface area contributed by atoms with E-state index in [0.717, 1.165) is 36.0 Å². The molecule has 0 radical (unpaired) electrons. The highest BCUT2D eigenvalue weighted by Crippen LogP contribution is 2.24. The Kier molecular flexibility index (Phi) is 6.80. The van der Waals surface area contributed by atoms with Crippen LogP contribution < -0.4 is 20.3 Å². The number of aryl methyl sites for hydroxylation is 1. The lowest BCUT2D eigenvalue weighted by Crippen LogP contribution is -2.33. The highest BCUT2D eigenvalue weighted by molar-refractivity contribution is 5.89. The van der Waals surface area contributed by atoms with Crippen LogP contribution in [0.3, 0.4) is 0 Å². The molecule has 150 valence electrons. The minimum Gasteiger partial charge on any atom is -0.491 e. The molecule has 0 bridgehead atoms. The molecule has 0 saturated carbocycles. The minimum absolute atomic E-state index is 0.218. The molecule has 0 aliphatic carbocycles. The van der Waals surface area contributed by atoms with Gasteiger partial charge in [-0.05, 0) is 74.1 Å². The molecule has 2 N–H and O–H groups in total. The fourth-order valence-corrected chi connectivity index (χ4v) is 3.40. The van der Waals surface area contributed by atoms with Gasteiger partial charge < -0.3 is 20.3 Å². The number of nitrogens with one attached hydrogen (secondary N) is 2. The summed E-state index contributed by atoms with van der Waals surface area (Å²) < 4.78 is 5.76. The molecule has 28 heavy (non-hydrogen) atoms. The zero-order chi connectivity index (χ0) is 19.9. The van der Waals surface area contributed by atoms with Crippen LogP contribution in [0.25, 0.3) is 0 Å². The van der Waals surface area contributed by atoms with E-state index in [4.69, 9.17) is 4.74 Å². The first-order valence-electron chi connectivity index (χ1n) is 10.1. The quantitative estimate of drug-likeness (QED) is 0.711. The number of ether oxygens (including phenoxy) is 1. The molecule has 1 saturated heterocycles. The van der Waals surface area contributed by atoms with Crippen LogP contribution in [-0.4, -0.2) is 32.3 Å². The number of amides is 2. The number of carbonyl (C=O) groups excluding carboxylic acids is 1. The van der Waals surface area contributed by atoms with E-state index in [1.165, 1.54) is 24.1 Å². The van der Waals surface area contributed by atoms with Crippen LogP contribution >= 0.6 is 0 Å².